The van der Waals surface area contributed by atoms with E-state index >= 15 is 0 Å². The summed E-state index contributed by atoms with van der Waals surface area (Å²) >= 11 is 0. The van der Waals surface area contributed by atoms with Crippen molar-refractivity contribution in [1.82, 2.24) is 24.2 Å². The predicted octanol–water partition coefficient (Wildman–Crippen LogP) is 5.24. The molecule has 1 amide bonds. The van der Waals surface area contributed by atoms with Crippen LogP contribution in [0.1, 0.15) is 22.8 Å². The molecule has 1 N–H and O–H groups in total. The first-order valence-corrected chi connectivity index (χ1v) is 12.2. The minimum absolute atomic E-state index is 0.0321. The maximum Gasteiger partial charge on any atom is 0.387 e. The van der Waals surface area contributed by atoms with Gasteiger partial charge in [0.25, 0.3) is 11.8 Å². The lowest BCUT2D eigenvalue weighted by Crippen LogP contribution is -2.47. The number of likely N-dealkylation sites (N-methyl/N-ethyl adjacent to an activating group) is 1. The number of hydrogen-bond acceptors (Lipinski definition) is 6. The number of nitrogens with zero attached hydrogens (tertiary/aromatic N) is 5. The molecule has 0 saturated carbocycles. The van der Waals surface area contributed by atoms with Crippen molar-refractivity contribution in [2.24, 2.45) is 0 Å². The van der Waals surface area contributed by atoms with Crippen molar-refractivity contribution in [3.8, 4) is 17.0 Å². The Hall–Kier alpha value is -4.19. The molecule has 204 valence electrons. The van der Waals surface area contributed by atoms with Gasteiger partial charge in [-0.2, -0.15) is 8.78 Å². The van der Waals surface area contributed by atoms with Gasteiger partial charge in [-0.15, -0.1) is 0 Å². The number of halogens is 4. The van der Waals surface area contributed by atoms with Crippen LogP contribution in [0.15, 0.2) is 61.1 Å². The minimum atomic E-state index is -3.25. The first-order valence-electron chi connectivity index (χ1n) is 12.2. The van der Waals surface area contributed by atoms with E-state index in [0.29, 0.717) is 54.6 Å². The molecule has 8 nitrogen and oxygen atoms in total. The largest absolute Gasteiger partial charge is 0.435 e. The van der Waals surface area contributed by atoms with Crippen molar-refractivity contribution in [1.29, 1.82) is 0 Å². The third-order valence-corrected chi connectivity index (χ3v) is 6.58. The molecule has 4 aromatic rings. The third kappa shape index (κ3) is 5.65. The molecule has 0 bridgehead atoms. The van der Waals surface area contributed by atoms with Gasteiger partial charge in [0.05, 0.1) is 11.9 Å². The number of aromatic nitrogens is 3. The van der Waals surface area contributed by atoms with E-state index in [-0.39, 0.29) is 16.9 Å². The van der Waals surface area contributed by atoms with Crippen molar-refractivity contribution >= 4 is 23.1 Å². The van der Waals surface area contributed by atoms with Gasteiger partial charge in [0.2, 0.25) is 0 Å². The summed E-state index contributed by atoms with van der Waals surface area (Å²) in [6.07, 6.45) is 4.79. The standard InChI is InChI=1S/C27H26F4N6O2/c1-27(30,31)21-15-18(5-8-20(21)25(38)36-13-11-35(2)12-14-36)34-23-24-33-16-22(37(24)10-9-32-23)17-3-6-19(7-4-17)39-26(28)29/h3-10,15-16,26H,11-14H2,1-2H3,(H,32,34). The number of nitrogens with one attached hydrogen (secondary N) is 1. The Kier molecular flexibility index (Phi) is 7.13. The van der Waals surface area contributed by atoms with Gasteiger partial charge >= 0.3 is 6.61 Å². The molecule has 0 radical (unpaired) electrons. The monoisotopic (exact) mass is 542 g/mol. The summed E-state index contributed by atoms with van der Waals surface area (Å²) in [5.74, 6) is -3.33. The SMILES string of the molecule is CN1CCN(C(=O)c2ccc(Nc3nccn4c(-c5ccc(OC(F)F)cc5)cnc34)cc2C(C)(F)F)CC1. The van der Waals surface area contributed by atoms with Crippen LogP contribution in [0.2, 0.25) is 0 Å². The summed E-state index contributed by atoms with van der Waals surface area (Å²) < 4.78 is 60.4. The molecule has 1 fully saturated rings. The fraction of sp³-hybridized carbons (Fsp3) is 0.296. The quantitative estimate of drug-likeness (QED) is 0.322. The fourth-order valence-corrected chi connectivity index (χ4v) is 4.52. The summed E-state index contributed by atoms with van der Waals surface area (Å²) in [6.45, 7) is 0.154. The Labute approximate surface area is 221 Å². The lowest BCUT2D eigenvalue weighted by Gasteiger charge is -2.33. The normalized spacial score (nSPS) is 14.7. The molecule has 0 unspecified atom stereocenters. The molecule has 12 heteroatoms. The molecule has 0 atom stereocenters. The molecule has 2 aromatic carbocycles. The van der Waals surface area contributed by atoms with Gasteiger partial charge in [-0.3, -0.25) is 9.20 Å². The molecular weight excluding hydrogens is 516 g/mol. The molecule has 0 spiro atoms. The smallest absolute Gasteiger partial charge is 0.387 e. The highest BCUT2D eigenvalue weighted by Crippen LogP contribution is 2.34. The molecule has 1 aliphatic rings. The number of alkyl halides is 4. The number of anilines is 2. The highest BCUT2D eigenvalue weighted by molar-refractivity contribution is 5.96. The van der Waals surface area contributed by atoms with Crippen LogP contribution in [0.5, 0.6) is 5.75 Å². The van der Waals surface area contributed by atoms with Crippen molar-refractivity contribution in [2.75, 3.05) is 38.5 Å². The topological polar surface area (TPSA) is 75.0 Å². The number of fused-ring (bicyclic) bond motifs is 1. The molecule has 39 heavy (non-hydrogen) atoms. The summed E-state index contributed by atoms with van der Waals surface area (Å²) in [5.41, 5.74) is 1.68. The predicted molar refractivity (Wildman–Crippen MR) is 138 cm³/mol. The number of piperazine rings is 1. The van der Waals surface area contributed by atoms with E-state index in [2.05, 4.69) is 24.9 Å². The molecule has 1 aliphatic heterocycles. The Morgan fingerprint density at radius 3 is 2.44 bits per heavy atom. The lowest BCUT2D eigenvalue weighted by molar-refractivity contribution is -0.0498. The van der Waals surface area contributed by atoms with Crippen LogP contribution >= 0.6 is 0 Å². The highest BCUT2D eigenvalue weighted by atomic mass is 19.3. The van der Waals surface area contributed by atoms with Gasteiger partial charge < -0.3 is 19.9 Å². The van der Waals surface area contributed by atoms with E-state index < -0.39 is 18.4 Å². The van der Waals surface area contributed by atoms with E-state index in [1.165, 1.54) is 30.5 Å². The Bertz CT molecular complexity index is 1480. The zero-order valence-electron chi connectivity index (χ0n) is 21.2. The van der Waals surface area contributed by atoms with E-state index in [1.807, 2.05) is 7.05 Å². The average Bonchev–Trinajstić information content (AvgIpc) is 3.34. The second kappa shape index (κ2) is 10.5. The molecule has 0 aliphatic carbocycles. The van der Waals surface area contributed by atoms with Crippen molar-refractivity contribution in [3.63, 3.8) is 0 Å². The van der Waals surface area contributed by atoms with Gasteiger partial charge in [-0.25, -0.2) is 18.7 Å². The van der Waals surface area contributed by atoms with Crippen LogP contribution in [-0.4, -0.2) is 69.9 Å². The van der Waals surface area contributed by atoms with Crippen LogP contribution in [0.4, 0.5) is 29.1 Å². The average molecular weight is 543 g/mol. The molecule has 1 saturated heterocycles. The Morgan fingerprint density at radius 2 is 1.77 bits per heavy atom. The van der Waals surface area contributed by atoms with E-state index in [0.717, 1.165) is 6.92 Å². The van der Waals surface area contributed by atoms with Crippen LogP contribution in [0.25, 0.3) is 16.9 Å². The number of benzene rings is 2. The van der Waals surface area contributed by atoms with Crippen LogP contribution in [0, 0.1) is 0 Å². The van der Waals surface area contributed by atoms with Gasteiger partial charge in [-0.1, -0.05) is 0 Å². The lowest BCUT2D eigenvalue weighted by atomic mass is 10.00. The zero-order valence-corrected chi connectivity index (χ0v) is 21.2. The van der Waals surface area contributed by atoms with Crippen LogP contribution in [0.3, 0.4) is 0 Å². The van der Waals surface area contributed by atoms with E-state index in [1.54, 1.807) is 39.9 Å². The Balaban J connectivity index is 1.43. The second-order valence-corrected chi connectivity index (χ2v) is 9.38. The maximum absolute atomic E-state index is 14.7. The fourth-order valence-electron chi connectivity index (χ4n) is 4.52. The minimum Gasteiger partial charge on any atom is -0.435 e. The number of rotatable bonds is 7. The Morgan fingerprint density at radius 1 is 1.05 bits per heavy atom. The number of carbonyl (C=O) groups is 1. The first-order chi connectivity index (χ1) is 18.6. The van der Waals surface area contributed by atoms with Crippen molar-refractivity contribution in [3.05, 3.63) is 72.2 Å². The van der Waals surface area contributed by atoms with E-state index in [9.17, 15) is 22.4 Å². The van der Waals surface area contributed by atoms with Crippen LogP contribution in [-0.2, 0) is 5.92 Å². The highest BCUT2D eigenvalue weighted by Gasteiger charge is 2.32. The number of carbonyl (C=O) groups excluding carboxylic acids is 1. The first kappa shape index (κ1) is 26.4. The summed E-state index contributed by atoms with van der Waals surface area (Å²) in [5, 5.41) is 3.04. The number of ether oxygens (including phenoxy) is 1. The van der Waals surface area contributed by atoms with Crippen LogP contribution < -0.4 is 10.1 Å². The maximum atomic E-state index is 14.7. The van der Waals surface area contributed by atoms with Gasteiger partial charge in [0.1, 0.15) is 5.75 Å². The zero-order chi connectivity index (χ0) is 27.7. The van der Waals surface area contributed by atoms with Crippen molar-refractivity contribution in [2.45, 2.75) is 19.5 Å². The van der Waals surface area contributed by atoms with E-state index in [4.69, 9.17) is 0 Å². The van der Waals surface area contributed by atoms with Gasteiger partial charge in [0, 0.05) is 67.9 Å². The number of amides is 1. The third-order valence-electron chi connectivity index (χ3n) is 6.58. The second-order valence-electron chi connectivity index (χ2n) is 9.38. The number of hydrogen-bond donors (Lipinski definition) is 1. The molecule has 5 rings (SSSR count). The molecular formula is C27H26F4N6O2. The molecule has 2 aromatic heterocycles. The summed E-state index contributed by atoms with van der Waals surface area (Å²) in [7, 11) is 1.95. The van der Waals surface area contributed by atoms with Crippen molar-refractivity contribution < 1.29 is 27.1 Å². The van der Waals surface area contributed by atoms with Gasteiger partial charge in [-0.05, 0) is 49.5 Å². The van der Waals surface area contributed by atoms with Gasteiger partial charge in [0.15, 0.2) is 11.5 Å². The number of imidazole rings is 1. The molecule has 3 heterocycles. The summed E-state index contributed by atoms with van der Waals surface area (Å²) in [6, 6.07) is 10.4. The summed E-state index contributed by atoms with van der Waals surface area (Å²) in [4.78, 5) is 25.5.